The zero-order chi connectivity index (χ0) is 25.9. The summed E-state index contributed by atoms with van der Waals surface area (Å²) in [5, 5.41) is 10.1. The van der Waals surface area contributed by atoms with Crippen LogP contribution >= 0.6 is 0 Å². The van der Waals surface area contributed by atoms with E-state index in [1.54, 1.807) is 37.3 Å². The van der Waals surface area contributed by atoms with Crippen molar-refractivity contribution in [1.82, 2.24) is 10.2 Å². The summed E-state index contributed by atoms with van der Waals surface area (Å²) in [6, 6.07) is 19.9. The smallest absolute Gasteiger partial charge is 0.322 e. The third-order valence-corrected chi connectivity index (χ3v) is 8.93. The summed E-state index contributed by atoms with van der Waals surface area (Å²) in [6.45, 7) is 1.56. The van der Waals surface area contributed by atoms with Crippen LogP contribution < -0.4 is 9.62 Å². The third kappa shape index (κ3) is 5.14. The maximum atomic E-state index is 12.9. The van der Waals surface area contributed by atoms with Gasteiger partial charge in [0.25, 0.3) is 15.9 Å². The average Bonchev–Trinajstić information content (AvgIpc) is 3.37. The minimum absolute atomic E-state index is 0.0142. The van der Waals surface area contributed by atoms with Crippen LogP contribution in [0.4, 0.5) is 11.7 Å². The number of aromatic nitrogens is 2. The fourth-order valence-electron chi connectivity index (χ4n) is 3.24. The Hall–Kier alpha value is -4.03. The van der Waals surface area contributed by atoms with Crippen LogP contribution in [-0.4, -0.2) is 45.7 Å². The van der Waals surface area contributed by atoms with E-state index in [0.29, 0.717) is 11.3 Å². The molecule has 3 aromatic carbocycles. The van der Waals surface area contributed by atoms with Gasteiger partial charge in [-0.3, -0.25) is 14.4 Å². The van der Waals surface area contributed by atoms with Crippen molar-refractivity contribution in [2.45, 2.75) is 16.7 Å². The van der Waals surface area contributed by atoms with Crippen LogP contribution in [0.1, 0.15) is 17.3 Å². The molecule has 1 amide bonds. The molecule has 36 heavy (non-hydrogen) atoms. The largest absolute Gasteiger partial charge is 0.403 e. The number of sulfonamides is 1. The lowest BCUT2D eigenvalue weighted by atomic mass is 10.2. The van der Waals surface area contributed by atoms with Crippen LogP contribution in [0.5, 0.6) is 0 Å². The number of amides is 1. The third-order valence-electron chi connectivity index (χ3n) is 5.38. The highest BCUT2D eigenvalue weighted by molar-refractivity contribution is 7.92. The van der Waals surface area contributed by atoms with Crippen LogP contribution in [-0.2, 0) is 19.9 Å². The number of para-hydroxylation sites is 1. The molecule has 10 nitrogen and oxygen atoms in total. The fourth-order valence-corrected chi connectivity index (χ4v) is 5.32. The number of rotatable bonds is 8. The van der Waals surface area contributed by atoms with Gasteiger partial charge < -0.3 is 4.42 Å². The van der Waals surface area contributed by atoms with Gasteiger partial charge in [0.1, 0.15) is 0 Å². The van der Waals surface area contributed by atoms with E-state index >= 15 is 0 Å². The van der Waals surface area contributed by atoms with Crippen molar-refractivity contribution in [3.05, 3.63) is 84.4 Å². The van der Waals surface area contributed by atoms with E-state index in [2.05, 4.69) is 15.5 Å². The van der Waals surface area contributed by atoms with Crippen molar-refractivity contribution in [3.8, 4) is 11.5 Å². The van der Waals surface area contributed by atoms with Crippen molar-refractivity contribution in [1.29, 1.82) is 0 Å². The molecule has 0 spiro atoms. The molecule has 0 atom stereocenters. The molecular formula is C24H22N4O6S2. The van der Waals surface area contributed by atoms with Gasteiger partial charge in [-0.15, -0.1) is 5.10 Å². The number of nitrogens with one attached hydrogen (secondary N) is 1. The van der Waals surface area contributed by atoms with Gasteiger partial charge in [-0.2, -0.15) is 0 Å². The average molecular weight is 527 g/mol. The summed E-state index contributed by atoms with van der Waals surface area (Å²) in [4.78, 5) is 12.8. The molecule has 0 aliphatic heterocycles. The predicted molar refractivity (Wildman–Crippen MR) is 134 cm³/mol. The maximum absolute atomic E-state index is 12.9. The second kappa shape index (κ2) is 9.91. The predicted octanol–water partition coefficient (Wildman–Crippen LogP) is 3.61. The van der Waals surface area contributed by atoms with Gasteiger partial charge in [-0.05, 0) is 60.7 Å². The van der Waals surface area contributed by atoms with E-state index in [-0.39, 0.29) is 33.0 Å². The summed E-state index contributed by atoms with van der Waals surface area (Å²) in [7, 11) is -5.69. The quantitative estimate of drug-likeness (QED) is 0.367. The zero-order valence-electron chi connectivity index (χ0n) is 19.3. The van der Waals surface area contributed by atoms with Gasteiger partial charge in [0.05, 0.1) is 21.2 Å². The van der Waals surface area contributed by atoms with Crippen molar-refractivity contribution >= 4 is 37.5 Å². The molecule has 0 unspecified atom stereocenters. The van der Waals surface area contributed by atoms with Gasteiger partial charge in [-0.1, -0.05) is 30.2 Å². The molecule has 1 N–H and O–H groups in total. The van der Waals surface area contributed by atoms with Crippen LogP contribution in [0.2, 0.25) is 0 Å². The first kappa shape index (κ1) is 25.1. The molecule has 0 radical (unpaired) electrons. The standard InChI is InChI=1S/C24H22N4O6S2/c1-3-35(30,31)20-13-11-18(12-14-20)23-26-27-24(34-23)25-22(29)17-9-15-21(16-10-17)36(32,33)28(2)19-7-5-4-6-8-19/h4-16H,3H2,1-2H3,(H,25,27,29). The molecule has 1 aromatic heterocycles. The van der Waals surface area contributed by atoms with Gasteiger partial charge in [-0.25, -0.2) is 16.8 Å². The molecule has 12 heteroatoms. The molecule has 186 valence electrons. The van der Waals surface area contributed by atoms with E-state index in [9.17, 15) is 21.6 Å². The summed E-state index contributed by atoms with van der Waals surface area (Å²) in [5.41, 5.74) is 1.17. The van der Waals surface area contributed by atoms with Crippen molar-refractivity contribution in [2.24, 2.45) is 0 Å². The number of anilines is 2. The topological polar surface area (TPSA) is 140 Å². The number of hydrogen-bond donors (Lipinski definition) is 1. The monoisotopic (exact) mass is 526 g/mol. The SMILES string of the molecule is CCS(=O)(=O)c1ccc(-c2nnc(NC(=O)c3ccc(S(=O)(=O)N(C)c4ccccc4)cc3)o2)cc1. The number of sulfone groups is 1. The first-order chi connectivity index (χ1) is 17.1. The highest BCUT2D eigenvalue weighted by atomic mass is 32.2. The Kier molecular flexibility index (Phi) is 6.91. The van der Waals surface area contributed by atoms with Gasteiger partial charge in [0, 0.05) is 18.2 Å². The first-order valence-corrected chi connectivity index (χ1v) is 13.8. The molecular weight excluding hydrogens is 504 g/mol. The number of carbonyl (C=O) groups excluding carboxylic acids is 1. The highest BCUT2D eigenvalue weighted by Crippen LogP contribution is 2.24. The lowest BCUT2D eigenvalue weighted by molar-refractivity contribution is 0.102. The van der Waals surface area contributed by atoms with Crippen LogP contribution in [0, 0.1) is 0 Å². The van der Waals surface area contributed by atoms with Crippen LogP contribution in [0.3, 0.4) is 0 Å². The summed E-state index contributed by atoms with van der Waals surface area (Å²) in [6.07, 6.45) is 0. The van der Waals surface area contributed by atoms with Gasteiger partial charge in [0.2, 0.25) is 5.89 Å². The van der Waals surface area contributed by atoms with Gasteiger partial charge in [0.15, 0.2) is 9.84 Å². The van der Waals surface area contributed by atoms with E-state index in [4.69, 9.17) is 4.42 Å². The van der Waals surface area contributed by atoms with Crippen molar-refractivity contribution in [2.75, 3.05) is 22.4 Å². The Morgan fingerprint density at radius 2 is 1.47 bits per heavy atom. The Morgan fingerprint density at radius 1 is 0.861 bits per heavy atom. The summed E-state index contributed by atoms with van der Waals surface area (Å²) in [5.74, 6) is -0.495. The van der Waals surface area contributed by atoms with E-state index < -0.39 is 25.8 Å². The van der Waals surface area contributed by atoms with E-state index in [1.165, 1.54) is 55.6 Å². The van der Waals surface area contributed by atoms with Gasteiger partial charge >= 0.3 is 6.01 Å². The number of nitrogens with zero attached hydrogens (tertiary/aromatic N) is 3. The molecule has 4 aromatic rings. The molecule has 1 heterocycles. The lowest BCUT2D eigenvalue weighted by Gasteiger charge is -2.19. The molecule has 0 fully saturated rings. The van der Waals surface area contributed by atoms with Crippen LogP contribution in [0.25, 0.3) is 11.5 Å². The highest BCUT2D eigenvalue weighted by Gasteiger charge is 2.22. The number of hydrogen-bond acceptors (Lipinski definition) is 8. The molecule has 0 bridgehead atoms. The molecule has 0 saturated heterocycles. The second-order valence-electron chi connectivity index (χ2n) is 7.63. The van der Waals surface area contributed by atoms with Crippen molar-refractivity contribution < 1.29 is 26.0 Å². The Morgan fingerprint density at radius 3 is 2.08 bits per heavy atom. The normalized spacial score (nSPS) is 11.7. The molecule has 0 aliphatic carbocycles. The number of benzene rings is 3. The Labute approximate surface area is 208 Å². The molecule has 4 rings (SSSR count). The summed E-state index contributed by atoms with van der Waals surface area (Å²) < 4.78 is 56.3. The minimum atomic E-state index is -3.81. The minimum Gasteiger partial charge on any atom is -0.403 e. The second-order valence-corrected chi connectivity index (χ2v) is 11.9. The van der Waals surface area contributed by atoms with Crippen molar-refractivity contribution in [3.63, 3.8) is 0 Å². The Bertz CT molecular complexity index is 1580. The van der Waals surface area contributed by atoms with E-state index in [0.717, 1.165) is 4.31 Å². The van der Waals surface area contributed by atoms with Crippen LogP contribution in [0.15, 0.2) is 93.1 Å². The Balaban J connectivity index is 1.45. The fraction of sp³-hybridized carbons (Fsp3) is 0.125. The molecule has 0 aliphatic rings. The summed E-state index contributed by atoms with van der Waals surface area (Å²) >= 11 is 0. The zero-order valence-corrected chi connectivity index (χ0v) is 21.0. The maximum Gasteiger partial charge on any atom is 0.322 e. The number of carbonyl (C=O) groups is 1. The molecule has 0 saturated carbocycles. The lowest BCUT2D eigenvalue weighted by Crippen LogP contribution is -2.26. The van der Waals surface area contributed by atoms with E-state index in [1.807, 2.05) is 0 Å². The first-order valence-electron chi connectivity index (χ1n) is 10.7.